The van der Waals surface area contributed by atoms with Gasteiger partial charge in [-0.15, -0.1) is 0 Å². The predicted octanol–water partition coefficient (Wildman–Crippen LogP) is 0.802. The third-order valence-corrected chi connectivity index (χ3v) is 1.34. The van der Waals surface area contributed by atoms with E-state index >= 15 is 0 Å². The molecule has 4 nitrogen and oxygen atoms in total. The van der Waals surface area contributed by atoms with Crippen molar-refractivity contribution in [1.29, 1.82) is 0 Å². The van der Waals surface area contributed by atoms with Gasteiger partial charge in [0.05, 0.1) is 5.69 Å². The van der Waals surface area contributed by atoms with Crippen LogP contribution >= 0.6 is 0 Å². The molecular formula is C6H8N2O2. The van der Waals surface area contributed by atoms with Crippen LogP contribution in [0.1, 0.15) is 5.69 Å². The maximum atomic E-state index is 10.0. The van der Waals surface area contributed by atoms with Gasteiger partial charge in [-0.25, -0.2) is 0 Å². The highest BCUT2D eigenvalue weighted by Gasteiger charge is 2.02. The third-order valence-electron chi connectivity index (χ3n) is 1.34. The summed E-state index contributed by atoms with van der Waals surface area (Å²) in [5.74, 6) is 0. The van der Waals surface area contributed by atoms with Gasteiger partial charge in [0.1, 0.15) is 0 Å². The van der Waals surface area contributed by atoms with Crippen molar-refractivity contribution in [3.8, 4) is 0 Å². The number of aryl methyl sites for hydroxylation is 1. The van der Waals surface area contributed by atoms with E-state index in [1.165, 1.54) is 0 Å². The average Bonchev–Trinajstić information content (AvgIpc) is 2.15. The molecule has 4 heteroatoms. The minimum atomic E-state index is -0.338. The molecule has 0 amide bonds. The summed E-state index contributed by atoms with van der Waals surface area (Å²) in [4.78, 5) is 9.67. The summed E-state index contributed by atoms with van der Waals surface area (Å²) in [6, 6.07) is 3.53. The Labute approximate surface area is 58.2 Å². The fourth-order valence-electron chi connectivity index (χ4n) is 0.793. The zero-order chi connectivity index (χ0) is 7.56. The highest BCUT2D eigenvalue weighted by molar-refractivity contribution is 5.04. The topological polar surface area (TPSA) is 48.1 Å². The van der Waals surface area contributed by atoms with Crippen LogP contribution in [0.4, 0.5) is 0 Å². The Balaban J connectivity index is 2.74. The van der Waals surface area contributed by atoms with Gasteiger partial charge in [-0.05, 0) is 12.1 Å². The van der Waals surface area contributed by atoms with Crippen molar-refractivity contribution in [3.05, 3.63) is 34.1 Å². The molecular weight excluding hydrogens is 132 g/mol. The molecule has 0 fully saturated rings. The van der Waals surface area contributed by atoms with Crippen molar-refractivity contribution >= 4 is 0 Å². The molecule has 0 spiro atoms. The molecule has 0 N–H and O–H groups in total. The van der Waals surface area contributed by atoms with E-state index in [0.717, 1.165) is 5.69 Å². The molecule has 0 radical (unpaired) electrons. The second kappa shape index (κ2) is 2.51. The molecule has 0 aromatic carbocycles. The van der Waals surface area contributed by atoms with E-state index in [-0.39, 0.29) is 11.5 Å². The van der Waals surface area contributed by atoms with Crippen molar-refractivity contribution in [2.24, 2.45) is 7.05 Å². The zero-order valence-corrected chi connectivity index (χ0v) is 5.65. The second-order valence-corrected chi connectivity index (χ2v) is 2.10. The van der Waals surface area contributed by atoms with Gasteiger partial charge in [-0.1, -0.05) is 0 Å². The molecule has 0 saturated heterocycles. The summed E-state index contributed by atoms with van der Waals surface area (Å²) in [7, 11) is 1.79. The molecule has 0 atom stereocenters. The lowest BCUT2D eigenvalue weighted by molar-refractivity contribution is -0.497. The molecule has 1 aromatic rings. The van der Waals surface area contributed by atoms with Crippen LogP contribution in [-0.2, 0) is 13.6 Å². The highest BCUT2D eigenvalue weighted by atomic mass is 16.6. The summed E-state index contributed by atoms with van der Waals surface area (Å²) >= 11 is 0. The molecule has 10 heavy (non-hydrogen) atoms. The SMILES string of the molecule is Cn1cccc1C[N+](=O)[O-]. The zero-order valence-electron chi connectivity index (χ0n) is 5.65. The van der Waals surface area contributed by atoms with Crippen LogP contribution in [0.2, 0.25) is 0 Å². The molecule has 1 rings (SSSR count). The fraction of sp³-hybridized carbons (Fsp3) is 0.333. The highest BCUT2D eigenvalue weighted by Crippen LogP contribution is 1.99. The summed E-state index contributed by atoms with van der Waals surface area (Å²) in [5.41, 5.74) is 0.727. The Morgan fingerprint density at radius 2 is 2.50 bits per heavy atom. The van der Waals surface area contributed by atoms with Crippen LogP contribution in [0, 0.1) is 10.1 Å². The van der Waals surface area contributed by atoms with Gasteiger partial charge in [0.15, 0.2) is 0 Å². The van der Waals surface area contributed by atoms with Crippen LogP contribution in [0.25, 0.3) is 0 Å². The monoisotopic (exact) mass is 140 g/mol. The van der Waals surface area contributed by atoms with Gasteiger partial charge < -0.3 is 4.57 Å². The summed E-state index contributed by atoms with van der Waals surface area (Å²) in [6.45, 7) is -0.0938. The van der Waals surface area contributed by atoms with E-state index in [0.29, 0.717) is 0 Å². The Bertz CT molecular complexity index is 242. The van der Waals surface area contributed by atoms with Crippen molar-refractivity contribution < 1.29 is 4.92 Å². The van der Waals surface area contributed by atoms with Crippen molar-refractivity contribution in [1.82, 2.24) is 4.57 Å². The van der Waals surface area contributed by atoms with Gasteiger partial charge in [0.2, 0.25) is 6.54 Å². The molecule has 1 aromatic heterocycles. The Morgan fingerprint density at radius 3 is 2.90 bits per heavy atom. The molecule has 0 unspecified atom stereocenters. The van der Waals surface area contributed by atoms with Gasteiger partial charge in [-0.3, -0.25) is 10.1 Å². The second-order valence-electron chi connectivity index (χ2n) is 2.10. The molecule has 1 heterocycles. The smallest absolute Gasteiger partial charge is 0.243 e. The molecule has 0 aliphatic carbocycles. The Morgan fingerprint density at radius 1 is 1.80 bits per heavy atom. The van der Waals surface area contributed by atoms with Gasteiger partial charge in [0.25, 0.3) is 0 Å². The van der Waals surface area contributed by atoms with Crippen LogP contribution in [-0.4, -0.2) is 9.49 Å². The standard InChI is InChI=1S/C6H8N2O2/c1-7-4-2-3-6(7)5-8(9)10/h2-4H,5H2,1H3. The van der Waals surface area contributed by atoms with E-state index in [2.05, 4.69) is 0 Å². The van der Waals surface area contributed by atoms with Gasteiger partial charge in [-0.2, -0.15) is 0 Å². The Hall–Kier alpha value is -1.32. The summed E-state index contributed by atoms with van der Waals surface area (Å²) in [5, 5.41) is 10.0. The molecule has 54 valence electrons. The number of hydrogen-bond donors (Lipinski definition) is 0. The van der Waals surface area contributed by atoms with Crippen molar-refractivity contribution in [2.75, 3.05) is 0 Å². The summed E-state index contributed by atoms with van der Waals surface area (Å²) in [6.07, 6.45) is 1.79. The van der Waals surface area contributed by atoms with Gasteiger partial charge >= 0.3 is 0 Å². The van der Waals surface area contributed by atoms with E-state index in [4.69, 9.17) is 0 Å². The Kier molecular flexibility index (Phi) is 1.71. The lowest BCUT2D eigenvalue weighted by Crippen LogP contribution is -2.02. The minimum absolute atomic E-state index is 0.0938. The normalized spacial score (nSPS) is 9.70. The maximum Gasteiger partial charge on any atom is 0.243 e. The summed E-state index contributed by atoms with van der Waals surface area (Å²) < 4.78 is 1.74. The first kappa shape index (κ1) is 6.80. The van der Waals surface area contributed by atoms with Crippen LogP contribution in [0.15, 0.2) is 18.3 Å². The van der Waals surface area contributed by atoms with Crippen LogP contribution < -0.4 is 0 Å². The predicted molar refractivity (Wildman–Crippen MR) is 36.1 cm³/mol. The first-order valence-corrected chi connectivity index (χ1v) is 2.92. The first-order chi connectivity index (χ1) is 4.70. The average molecular weight is 140 g/mol. The number of nitro groups is 1. The van der Waals surface area contributed by atoms with E-state index in [9.17, 15) is 10.1 Å². The quantitative estimate of drug-likeness (QED) is 0.450. The van der Waals surface area contributed by atoms with E-state index in [1.54, 1.807) is 29.9 Å². The molecule has 0 bridgehead atoms. The number of rotatable bonds is 2. The maximum absolute atomic E-state index is 10.0. The lowest BCUT2D eigenvalue weighted by atomic mass is 10.4. The molecule has 0 aliphatic heterocycles. The van der Waals surface area contributed by atoms with Gasteiger partial charge in [0, 0.05) is 18.2 Å². The van der Waals surface area contributed by atoms with Crippen LogP contribution in [0.5, 0.6) is 0 Å². The van der Waals surface area contributed by atoms with Crippen molar-refractivity contribution in [3.63, 3.8) is 0 Å². The first-order valence-electron chi connectivity index (χ1n) is 2.92. The van der Waals surface area contributed by atoms with E-state index < -0.39 is 0 Å². The largest absolute Gasteiger partial charge is 0.349 e. The third kappa shape index (κ3) is 1.34. The number of hydrogen-bond acceptors (Lipinski definition) is 2. The number of nitrogens with zero attached hydrogens (tertiary/aromatic N) is 2. The van der Waals surface area contributed by atoms with Crippen molar-refractivity contribution in [2.45, 2.75) is 6.54 Å². The fourth-order valence-corrected chi connectivity index (χ4v) is 0.793. The minimum Gasteiger partial charge on any atom is -0.349 e. The van der Waals surface area contributed by atoms with Crippen LogP contribution in [0.3, 0.4) is 0 Å². The number of aromatic nitrogens is 1. The molecule has 0 saturated carbocycles. The van der Waals surface area contributed by atoms with E-state index in [1.807, 2.05) is 0 Å². The lowest BCUT2D eigenvalue weighted by Gasteiger charge is -1.95. The molecule has 0 aliphatic rings.